The Balaban J connectivity index is 1.96. The molecule has 0 aliphatic carbocycles. The second-order valence-corrected chi connectivity index (χ2v) is 6.11. The first-order valence-corrected chi connectivity index (χ1v) is 7.50. The maximum absolute atomic E-state index is 11.7. The van der Waals surface area contributed by atoms with E-state index in [1.165, 1.54) is 0 Å². The van der Waals surface area contributed by atoms with Gasteiger partial charge in [-0.2, -0.15) is 12.0 Å². The van der Waals surface area contributed by atoms with Gasteiger partial charge in [0.1, 0.15) is 5.75 Å². The minimum Gasteiger partial charge on any atom is -0.265 e. The zero-order chi connectivity index (χ0) is 12.8. The molecule has 0 saturated heterocycles. The normalized spacial score (nSPS) is 11.3. The first kappa shape index (κ1) is 13.1. The maximum atomic E-state index is 11.7. The van der Waals surface area contributed by atoms with Gasteiger partial charge in [0, 0.05) is 29.3 Å². The molecule has 0 radical (unpaired) electrons. The van der Waals surface area contributed by atoms with Crippen molar-refractivity contribution in [3.8, 4) is 0 Å². The molecule has 0 N–H and O–H groups in total. The third kappa shape index (κ3) is 4.14. The van der Waals surface area contributed by atoms with Gasteiger partial charge in [0.15, 0.2) is 0 Å². The Hall–Kier alpha value is -1.37. The van der Waals surface area contributed by atoms with Crippen LogP contribution in [0.1, 0.15) is 5.56 Å². The molecule has 0 bridgehead atoms. The van der Waals surface area contributed by atoms with Crippen LogP contribution in [0.15, 0.2) is 59.8 Å². The molecule has 0 fully saturated rings. The predicted molar refractivity (Wildman–Crippen MR) is 70.2 cm³/mol. The minimum atomic E-state index is -3.59. The highest BCUT2D eigenvalue weighted by molar-refractivity contribution is 8.04. The van der Waals surface area contributed by atoms with E-state index < -0.39 is 10.1 Å². The summed E-state index contributed by atoms with van der Waals surface area (Å²) < 4.78 is 28.3. The lowest BCUT2D eigenvalue weighted by Gasteiger charge is -2.04. The Morgan fingerprint density at radius 2 is 1.72 bits per heavy atom. The van der Waals surface area contributed by atoms with Gasteiger partial charge < -0.3 is 0 Å². The van der Waals surface area contributed by atoms with Crippen molar-refractivity contribution in [1.82, 2.24) is 4.98 Å². The summed E-state index contributed by atoms with van der Waals surface area (Å²) in [5.41, 5.74) is 0.702. The number of rotatable bonds is 5. The van der Waals surface area contributed by atoms with Gasteiger partial charge in [-0.3, -0.25) is 4.98 Å². The fourth-order valence-corrected chi connectivity index (χ4v) is 3.04. The highest BCUT2D eigenvalue weighted by atomic mass is 32.3. The Morgan fingerprint density at radius 3 is 2.39 bits per heavy atom. The van der Waals surface area contributed by atoms with E-state index in [2.05, 4.69) is 4.98 Å². The van der Waals surface area contributed by atoms with E-state index in [-0.39, 0.29) is 5.75 Å². The molecule has 2 aromatic rings. The molecule has 0 amide bonds. The van der Waals surface area contributed by atoms with Crippen molar-refractivity contribution in [1.29, 1.82) is 0 Å². The van der Waals surface area contributed by atoms with Gasteiger partial charge in [-0.05, 0) is 17.7 Å². The molecule has 0 aliphatic rings. The second kappa shape index (κ2) is 5.99. The van der Waals surface area contributed by atoms with Crippen molar-refractivity contribution < 1.29 is 12.0 Å². The Kier molecular flexibility index (Phi) is 4.35. The molecule has 1 heterocycles. The third-order valence-corrected chi connectivity index (χ3v) is 4.32. The van der Waals surface area contributed by atoms with Crippen LogP contribution in [0.25, 0.3) is 0 Å². The van der Waals surface area contributed by atoms with Crippen molar-refractivity contribution in [3.05, 3.63) is 60.4 Å². The summed E-state index contributed by atoms with van der Waals surface area (Å²) in [6.45, 7) is 0. The molecule has 0 spiro atoms. The molecular weight excluding hydrogens is 270 g/mol. The molecule has 0 atom stereocenters. The molecule has 0 aliphatic heterocycles. The Labute approximate surface area is 110 Å². The van der Waals surface area contributed by atoms with Crippen molar-refractivity contribution in [3.63, 3.8) is 0 Å². The molecule has 1 aromatic heterocycles. The van der Waals surface area contributed by atoms with Gasteiger partial charge in [0.25, 0.3) is 10.1 Å². The van der Waals surface area contributed by atoms with Crippen LogP contribution in [0, 0.1) is 0 Å². The molecule has 94 valence electrons. The topological polar surface area (TPSA) is 56.3 Å². The van der Waals surface area contributed by atoms with Gasteiger partial charge in [-0.25, -0.2) is 0 Å². The number of hydrogen-bond donors (Lipinski definition) is 0. The minimum absolute atomic E-state index is 0.133. The molecule has 0 unspecified atom stereocenters. The zero-order valence-corrected chi connectivity index (χ0v) is 11.0. The quantitative estimate of drug-likeness (QED) is 0.789. The van der Waals surface area contributed by atoms with Crippen molar-refractivity contribution in [2.45, 2.75) is 10.6 Å². The van der Waals surface area contributed by atoms with Crippen LogP contribution >= 0.6 is 12.0 Å². The van der Waals surface area contributed by atoms with Crippen LogP contribution in [-0.2, 0) is 19.5 Å². The summed E-state index contributed by atoms with van der Waals surface area (Å²) in [4.78, 5) is 4.54. The molecule has 0 saturated carbocycles. The van der Waals surface area contributed by atoms with Gasteiger partial charge in [-0.15, -0.1) is 0 Å². The van der Waals surface area contributed by atoms with E-state index in [4.69, 9.17) is 3.63 Å². The van der Waals surface area contributed by atoms with Gasteiger partial charge in [-0.1, -0.05) is 30.3 Å². The number of benzene rings is 1. The lowest BCUT2D eigenvalue weighted by atomic mass is 10.2. The summed E-state index contributed by atoms with van der Waals surface area (Å²) >= 11 is 0.819. The smallest absolute Gasteiger partial charge is 0.265 e. The molecule has 1 aromatic carbocycles. The van der Waals surface area contributed by atoms with E-state index in [0.717, 1.165) is 12.0 Å². The van der Waals surface area contributed by atoms with Crippen molar-refractivity contribution in [2.75, 3.05) is 0 Å². The van der Waals surface area contributed by atoms with Gasteiger partial charge in [0.2, 0.25) is 0 Å². The van der Waals surface area contributed by atoms with Crippen LogP contribution in [0.3, 0.4) is 0 Å². The summed E-state index contributed by atoms with van der Waals surface area (Å²) in [5.74, 6) is -0.133. The number of hydrogen-bond acceptors (Lipinski definition) is 5. The standard InChI is InChI=1S/C12H11NO3S2/c14-18(15,10-11-4-2-1-3-5-11)16-17-12-6-8-13-9-7-12/h1-9H,10H2. The van der Waals surface area contributed by atoms with Crippen LogP contribution in [0.2, 0.25) is 0 Å². The van der Waals surface area contributed by atoms with E-state index in [0.29, 0.717) is 10.5 Å². The maximum Gasteiger partial charge on any atom is 0.282 e. The Bertz CT molecular complexity index is 585. The highest BCUT2D eigenvalue weighted by Gasteiger charge is 2.13. The van der Waals surface area contributed by atoms with Crippen LogP contribution in [0.5, 0.6) is 0 Å². The van der Waals surface area contributed by atoms with E-state index >= 15 is 0 Å². The molecule has 2 rings (SSSR count). The first-order valence-electron chi connectivity index (χ1n) is 5.18. The third-order valence-electron chi connectivity index (χ3n) is 2.07. The summed E-state index contributed by atoms with van der Waals surface area (Å²) in [6.07, 6.45) is 3.16. The molecule has 4 nitrogen and oxygen atoms in total. The number of aromatic nitrogens is 1. The van der Waals surface area contributed by atoms with E-state index in [1.807, 2.05) is 6.07 Å². The van der Waals surface area contributed by atoms with Crippen LogP contribution in [-0.4, -0.2) is 13.4 Å². The second-order valence-electron chi connectivity index (χ2n) is 3.52. The van der Waals surface area contributed by atoms with E-state index in [1.54, 1.807) is 48.8 Å². The van der Waals surface area contributed by atoms with Crippen LogP contribution < -0.4 is 0 Å². The average Bonchev–Trinajstić information content (AvgIpc) is 2.38. The van der Waals surface area contributed by atoms with Gasteiger partial charge >= 0.3 is 0 Å². The summed E-state index contributed by atoms with van der Waals surface area (Å²) in [6, 6.07) is 12.3. The molecule has 6 heteroatoms. The Morgan fingerprint density at radius 1 is 1.06 bits per heavy atom. The highest BCUT2D eigenvalue weighted by Crippen LogP contribution is 2.22. The van der Waals surface area contributed by atoms with Crippen LogP contribution in [0.4, 0.5) is 0 Å². The predicted octanol–water partition coefficient (Wildman–Crippen LogP) is 2.64. The average molecular weight is 281 g/mol. The SMILES string of the molecule is O=S(=O)(Cc1ccccc1)OSc1ccncc1. The lowest BCUT2D eigenvalue weighted by Crippen LogP contribution is -2.04. The molecular formula is C12H11NO3S2. The summed E-state index contributed by atoms with van der Waals surface area (Å²) in [7, 11) is -3.59. The number of pyridine rings is 1. The summed E-state index contributed by atoms with van der Waals surface area (Å²) in [5, 5.41) is 0. The first-order chi connectivity index (χ1) is 8.66. The zero-order valence-electron chi connectivity index (χ0n) is 9.39. The fraction of sp³-hybridized carbons (Fsp3) is 0.0833. The lowest BCUT2D eigenvalue weighted by molar-refractivity contribution is 0.517. The van der Waals surface area contributed by atoms with Crippen molar-refractivity contribution in [2.24, 2.45) is 0 Å². The van der Waals surface area contributed by atoms with Gasteiger partial charge in [0.05, 0.1) is 0 Å². The monoisotopic (exact) mass is 281 g/mol. The largest absolute Gasteiger partial charge is 0.282 e. The number of nitrogens with zero attached hydrogens (tertiary/aromatic N) is 1. The van der Waals surface area contributed by atoms with E-state index in [9.17, 15) is 8.42 Å². The van der Waals surface area contributed by atoms with Crippen molar-refractivity contribution >= 4 is 22.2 Å². The fourth-order valence-electron chi connectivity index (χ4n) is 1.29. The molecule has 18 heavy (non-hydrogen) atoms.